The fraction of sp³-hybridized carbons (Fsp3) is 0.350. The van der Waals surface area contributed by atoms with Crippen LogP contribution in [0.5, 0.6) is 0 Å². The molecule has 130 valence electrons. The van der Waals surface area contributed by atoms with Gasteiger partial charge in [0.25, 0.3) is 5.91 Å². The Morgan fingerprint density at radius 2 is 2.00 bits per heavy atom. The molecule has 1 atom stereocenters. The van der Waals surface area contributed by atoms with Crippen molar-refractivity contribution in [2.75, 3.05) is 6.54 Å². The lowest BCUT2D eigenvalue weighted by Gasteiger charge is -2.24. The van der Waals surface area contributed by atoms with E-state index in [9.17, 15) is 9.59 Å². The molecule has 0 aliphatic carbocycles. The van der Waals surface area contributed by atoms with Gasteiger partial charge in [-0.3, -0.25) is 9.78 Å². The molecule has 0 saturated carbocycles. The van der Waals surface area contributed by atoms with E-state index in [1.807, 2.05) is 23.1 Å². The lowest BCUT2D eigenvalue weighted by Crippen LogP contribution is -2.36. The number of pyridine rings is 1. The zero-order valence-corrected chi connectivity index (χ0v) is 14.1. The number of likely N-dealkylation sites (tertiary alicyclic amines) is 1. The molecular weight excluding hydrogens is 316 g/mol. The fourth-order valence-corrected chi connectivity index (χ4v) is 3.42. The molecule has 1 fully saturated rings. The third kappa shape index (κ3) is 4.24. The van der Waals surface area contributed by atoms with Crippen molar-refractivity contribution in [3.05, 3.63) is 65.5 Å². The fourth-order valence-electron chi connectivity index (χ4n) is 3.42. The van der Waals surface area contributed by atoms with Crippen LogP contribution in [0.3, 0.4) is 0 Å². The Hall–Kier alpha value is -2.69. The third-order valence-corrected chi connectivity index (χ3v) is 4.71. The number of aromatic nitrogens is 1. The number of hydrogen-bond acceptors (Lipinski definition) is 3. The largest absolute Gasteiger partial charge is 0.478 e. The topological polar surface area (TPSA) is 70.5 Å². The van der Waals surface area contributed by atoms with E-state index in [1.165, 1.54) is 23.9 Å². The van der Waals surface area contributed by atoms with Crippen molar-refractivity contribution < 1.29 is 14.7 Å². The smallest absolute Gasteiger partial charge is 0.335 e. The second-order valence-electron chi connectivity index (χ2n) is 6.41. The Bertz CT molecular complexity index is 746. The molecule has 2 heterocycles. The molecule has 25 heavy (non-hydrogen) atoms. The van der Waals surface area contributed by atoms with Crippen LogP contribution < -0.4 is 0 Å². The number of aromatic carboxylic acids is 1. The Morgan fingerprint density at radius 3 is 2.76 bits per heavy atom. The molecular formula is C20H22N2O3. The number of nitrogens with zero attached hydrogens (tertiary/aromatic N) is 2. The van der Waals surface area contributed by atoms with E-state index in [4.69, 9.17) is 5.11 Å². The van der Waals surface area contributed by atoms with Crippen molar-refractivity contribution in [1.29, 1.82) is 0 Å². The van der Waals surface area contributed by atoms with E-state index >= 15 is 0 Å². The van der Waals surface area contributed by atoms with Gasteiger partial charge in [0.1, 0.15) is 5.69 Å². The number of carboxylic acid groups (broad SMARTS) is 1. The summed E-state index contributed by atoms with van der Waals surface area (Å²) in [5.41, 5.74) is 1.63. The lowest BCUT2D eigenvalue weighted by atomic mass is 10.0. The number of aryl methyl sites for hydroxylation is 1. The van der Waals surface area contributed by atoms with E-state index in [1.54, 1.807) is 0 Å². The molecule has 1 aromatic carbocycles. The average Bonchev–Trinajstić information content (AvgIpc) is 3.10. The molecule has 2 aromatic rings. The van der Waals surface area contributed by atoms with Crippen LogP contribution in [-0.4, -0.2) is 39.5 Å². The molecule has 1 saturated heterocycles. The van der Waals surface area contributed by atoms with Gasteiger partial charge in [0.15, 0.2) is 0 Å². The maximum Gasteiger partial charge on any atom is 0.335 e. The van der Waals surface area contributed by atoms with Gasteiger partial charge in [-0.15, -0.1) is 0 Å². The molecule has 3 rings (SSSR count). The monoisotopic (exact) mass is 338 g/mol. The molecule has 1 N–H and O–H groups in total. The van der Waals surface area contributed by atoms with Gasteiger partial charge in [-0.1, -0.05) is 30.3 Å². The molecule has 0 spiro atoms. The van der Waals surface area contributed by atoms with Crippen LogP contribution in [0.2, 0.25) is 0 Å². The predicted molar refractivity (Wildman–Crippen MR) is 94.6 cm³/mol. The van der Waals surface area contributed by atoms with E-state index in [-0.39, 0.29) is 23.2 Å². The highest BCUT2D eigenvalue weighted by Crippen LogP contribution is 2.24. The first kappa shape index (κ1) is 17.1. The number of benzene rings is 1. The summed E-state index contributed by atoms with van der Waals surface area (Å²) in [6.07, 6.45) is 6.36. The summed E-state index contributed by atoms with van der Waals surface area (Å²) in [7, 11) is 0. The highest BCUT2D eigenvalue weighted by molar-refractivity contribution is 5.96. The quantitative estimate of drug-likeness (QED) is 0.876. The summed E-state index contributed by atoms with van der Waals surface area (Å²) in [5, 5.41) is 9.08. The van der Waals surface area contributed by atoms with Gasteiger partial charge in [0.05, 0.1) is 5.56 Å². The first-order valence-electron chi connectivity index (χ1n) is 8.69. The predicted octanol–water partition coefficient (Wildman–Crippen LogP) is 3.41. The summed E-state index contributed by atoms with van der Waals surface area (Å²) < 4.78 is 0. The first-order valence-corrected chi connectivity index (χ1v) is 8.69. The van der Waals surface area contributed by atoms with Crippen LogP contribution in [0.15, 0.2) is 48.7 Å². The summed E-state index contributed by atoms with van der Waals surface area (Å²) in [6, 6.07) is 13.3. The van der Waals surface area contributed by atoms with Crippen molar-refractivity contribution in [2.45, 2.75) is 38.1 Å². The van der Waals surface area contributed by atoms with Crippen LogP contribution in [0, 0.1) is 0 Å². The first-order chi connectivity index (χ1) is 12.1. The number of carbonyl (C=O) groups is 2. The van der Waals surface area contributed by atoms with Gasteiger partial charge >= 0.3 is 5.97 Å². The van der Waals surface area contributed by atoms with Crippen LogP contribution in [0.25, 0.3) is 0 Å². The Labute approximate surface area is 147 Å². The summed E-state index contributed by atoms with van der Waals surface area (Å²) in [4.78, 5) is 29.8. The van der Waals surface area contributed by atoms with Crippen LogP contribution in [0.4, 0.5) is 0 Å². The summed E-state index contributed by atoms with van der Waals surface area (Å²) in [6.45, 7) is 0.716. The summed E-state index contributed by atoms with van der Waals surface area (Å²) in [5.74, 6) is -1.21. The van der Waals surface area contributed by atoms with Crippen molar-refractivity contribution in [3.8, 4) is 0 Å². The number of amides is 1. The van der Waals surface area contributed by atoms with Gasteiger partial charge in [0, 0.05) is 18.8 Å². The Kier molecular flexibility index (Phi) is 5.43. The molecule has 1 aliphatic heterocycles. The molecule has 1 aliphatic rings. The molecule has 1 amide bonds. The maximum atomic E-state index is 12.7. The third-order valence-electron chi connectivity index (χ3n) is 4.71. The van der Waals surface area contributed by atoms with Gasteiger partial charge in [-0.2, -0.15) is 0 Å². The lowest BCUT2D eigenvalue weighted by molar-refractivity contribution is 0.0696. The number of hydrogen-bond donors (Lipinski definition) is 1. The molecule has 1 unspecified atom stereocenters. The number of carbonyl (C=O) groups excluding carboxylic acids is 1. The second-order valence-corrected chi connectivity index (χ2v) is 6.41. The van der Waals surface area contributed by atoms with Gasteiger partial charge in [0.2, 0.25) is 0 Å². The minimum atomic E-state index is -1.04. The van der Waals surface area contributed by atoms with Crippen LogP contribution >= 0.6 is 0 Å². The standard InChI is InChI=1S/C20H22N2O3/c23-19(18-14-16(20(24)25)11-12-21-18)22-13-5-10-17(22)9-4-8-15-6-2-1-3-7-15/h1-3,6-7,11-12,14,17H,4-5,8-10,13H2,(H,24,25). The molecule has 5 nitrogen and oxygen atoms in total. The zero-order valence-electron chi connectivity index (χ0n) is 14.1. The van der Waals surface area contributed by atoms with E-state index in [2.05, 4.69) is 17.1 Å². The van der Waals surface area contributed by atoms with Crippen molar-refractivity contribution >= 4 is 11.9 Å². The van der Waals surface area contributed by atoms with Gasteiger partial charge < -0.3 is 10.0 Å². The molecule has 1 aromatic heterocycles. The highest BCUT2D eigenvalue weighted by Gasteiger charge is 2.29. The van der Waals surface area contributed by atoms with Crippen molar-refractivity contribution in [1.82, 2.24) is 9.88 Å². The van der Waals surface area contributed by atoms with E-state index < -0.39 is 5.97 Å². The summed E-state index contributed by atoms with van der Waals surface area (Å²) >= 11 is 0. The van der Waals surface area contributed by atoms with E-state index in [0.29, 0.717) is 6.54 Å². The van der Waals surface area contributed by atoms with Crippen LogP contribution in [-0.2, 0) is 6.42 Å². The van der Waals surface area contributed by atoms with Crippen LogP contribution in [0.1, 0.15) is 52.1 Å². The van der Waals surface area contributed by atoms with Crippen molar-refractivity contribution in [2.24, 2.45) is 0 Å². The second kappa shape index (κ2) is 7.92. The number of carboxylic acids is 1. The SMILES string of the molecule is O=C(O)c1ccnc(C(=O)N2CCCC2CCCc2ccccc2)c1. The average molecular weight is 338 g/mol. The normalized spacial score (nSPS) is 16.8. The number of rotatable bonds is 6. The highest BCUT2D eigenvalue weighted by atomic mass is 16.4. The minimum absolute atomic E-state index is 0.0955. The molecule has 5 heteroatoms. The molecule has 0 bridgehead atoms. The van der Waals surface area contributed by atoms with Gasteiger partial charge in [-0.05, 0) is 49.8 Å². The molecule has 0 radical (unpaired) electrons. The maximum absolute atomic E-state index is 12.7. The Morgan fingerprint density at radius 1 is 1.20 bits per heavy atom. The minimum Gasteiger partial charge on any atom is -0.478 e. The Balaban J connectivity index is 1.61. The zero-order chi connectivity index (χ0) is 17.6. The van der Waals surface area contributed by atoms with Crippen molar-refractivity contribution in [3.63, 3.8) is 0 Å². The van der Waals surface area contributed by atoms with E-state index in [0.717, 1.165) is 32.1 Å². The van der Waals surface area contributed by atoms with Gasteiger partial charge in [-0.25, -0.2) is 4.79 Å².